The number of piperazine rings is 1. The van der Waals surface area contributed by atoms with Gasteiger partial charge in [0.25, 0.3) is 5.91 Å². The predicted octanol–water partition coefficient (Wildman–Crippen LogP) is 1.54. The molecule has 2 saturated heterocycles. The van der Waals surface area contributed by atoms with Crippen molar-refractivity contribution in [2.75, 3.05) is 32.7 Å². The fourth-order valence-electron chi connectivity index (χ4n) is 3.95. The van der Waals surface area contributed by atoms with Gasteiger partial charge >= 0.3 is 5.97 Å². The number of ether oxygens (including phenoxy) is 1. The van der Waals surface area contributed by atoms with Gasteiger partial charge in [0.1, 0.15) is 5.75 Å². The van der Waals surface area contributed by atoms with Gasteiger partial charge in [0, 0.05) is 57.2 Å². The molecule has 1 atom stereocenters. The first-order valence-electron chi connectivity index (χ1n) is 10.2. The van der Waals surface area contributed by atoms with E-state index < -0.39 is 5.97 Å². The molecule has 2 fully saturated rings. The van der Waals surface area contributed by atoms with Crippen LogP contribution in [-0.2, 0) is 14.4 Å². The van der Waals surface area contributed by atoms with Gasteiger partial charge in [-0.05, 0) is 39.0 Å². The lowest BCUT2D eigenvalue weighted by atomic mass is 10.1. The highest BCUT2D eigenvalue weighted by Gasteiger charge is 2.41. The summed E-state index contributed by atoms with van der Waals surface area (Å²) in [4.78, 5) is 54.3. The first-order chi connectivity index (χ1) is 14.1. The molecule has 162 valence electrons. The molecule has 2 aliphatic rings. The molecule has 0 N–H and O–H groups in total. The molecule has 1 aromatic carbocycles. The van der Waals surface area contributed by atoms with E-state index >= 15 is 0 Å². The molecule has 3 rings (SSSR count). The minimum Gasteiger partial charge on any atom is -0.427 e. The Morgan fingerprint density at radius 2 is 1.67 bits per heavy atom. The molecule has 3 amide bonds. The monoisotopic (exact) mass is 415 g/mol. The average Bonchev–Trinajstić information content (AvgIpc) is 3.09. The lowest BCUT2D eigenvalue weighted by molar-refractivity contribution is -0.137. The predicted molar refractivity (Wildman–Crippen MR) is 110 cm³/mol. The van der Waals surface area contributed by atoms with Crippen LogP contribution in [0, 0.1) is 5.92 Å². The highest BCUT2D eigenvalue weighted by Crippen LogP contribution is 2.27. The van der Waals surface area contributed by atoms with Crippen LogP contribution in [0.25, 0.3) is 0 Å². The zero-order valence-corrected chi connectivity index (χ0v) is 18.0. The summed E-state index contributed by atoms with van der Waals surface area (Å²) in [6, 6.07) is 6.52. The summed E-state index contributed by atoms with van der Waals surface area (Å²) in [5, 5.41) is 0. The van der Waals surface area contributed by atoms with Crippen LogP contribution in [0.3, 0.4) is 0 Å². The molecule has 8 heteroatoms. The van der Waals surface area contributed by atoms with Crippen molar-refractivity contribution in [3.8, 4) is 5.75 Å². The Hall–Kier alpha value is -2.90. The summed E-state index contributed by atoms with van der Waals surface area (Å²) in [6.45, 7) is 9.39. The van der Waals surface area contributed by atoms with E-state index in [0.717, 1.165) is 0 Å². The molecule has 0 radical (unpaired) electrons. The summed E-state index contributed by atoms with van der Waals surface area (Å²) < 4.78 is 5.04. The topological polar surface area (TPSA) is 87.2 Å². The zero-order valence-electron chi connectivity index (χ0n) is 18.0. The van der Waals surface area contributed by atoms with Crippen molar-refractivity contribution >= 4 is 23.7 Å². The quantitative estimate of drug-likeness (QED) is 0.552. The third-order valence-electron chi connectivity index (χ3n) is 5.51. The minimum absolute atomic E-state index is 0.0148. The summed E-state index contributed by atoms with van der Waals surface area (Å²) in [5.74, 6) is -0.592. The maximum Gasteiger partial charge on any atom is 0.308 e. The fraction of sp³-hybridized carbons (Fsp3) is 0.545. The van der Waals surface area contributed by atoms with Crippen molar-refractivity contribution in [1.29, 1.82) is 0 Å². The molecular weight excluding hydrogens is 386 g/mol. The lowest BCUT2D eigenvalue weighted by Gasteiger charge is -2.36. The van der Waals surface area contributed by atoms with E-state index in [2.05, 4.69) is 0 Å². The number of hydrogen-bond donors (Lipinski definition) is 0. The van der Waals surface area contributed by atoms with E-state index in [0.29, 0.717) is 44.0 Å². The van der Waals surface area contributed by atoms with Crippen molar-refractivity contribution in [3.63, 3.8) is 0 Å². The van der Waals surface area contributed by atoms with Gasteiger partial charge in [-0.3, -0.25) is 19.2 Å². The molecule has 1 aromatic rings. The first kappa shape index (κ1) is 21.8. The third kappa shape index (κ3) is 4.80. The fourth-order valence-corrected chi connectivity index (χ4v) is 3.95. The summed E-state index contributed by atoms with van der Waals surface area (Å²) in [7, 11) is 0. The van der Waals surface area contributed by atoms with Gasteiger partial charge < -0.3 is 19.4 Å². The molecule has 0 bridgehead atoms. The largest absolute Gasteiger partial charge is 0.427 e. The highest BCUT2D eigenvalue weighted by atomic mass is 16.5. The second-order valence-corrected chi connectivity index (χ2v) is 8.82. The SMILES string of the molecule is CC(=O)Oc1cccc(C(=O)N2CCN(C(=O)C3CC(=O)N(C(C)(C)C)C3)CC2)c1. The van der Waals surface area contributed by atoms with E-state index in [1.807, 2.05) is 20.8 Å². The maximum absolute atomic E-state index is 12.9. The van der Waals surface area contributed by atoms with Crippen LogP contribution in [0.5, 0.6) is 5.75 Å². The van der Waals surface area contributed by atoms with Crippen molar-refractivity contribution in [3.05, 3.63) is 29.8 Å². The van der Waals surface area contributed by atoms with Crippen molar-refractivity contribution in [1.82, 2.24) is 14.7 Å². The van der Waals surface area contributed by atoms with E-state index in [1.54, 1.807) is 39.0 Å². The van der Waals surface area contributed by atoms with Crippen molar-refractivity contribution < 1.29 is 23.9 Å². The van der Waals surface area contributed by atoms with Crippen LogP contribution in [0.1, 0.15) is 44.5 Å². The number of likely N-dealkylation sites (tertiary alicyclic amines) is 1. The van der Waals surface area contributed by atoms with Crippen LogP contribution >= 0.6 is 0 Å². The van der Waals surface area contributed by atoms with Gasteiger partial charge in [0.15, 0.2) is 0 Å². The second kappa shape index (κ2) is 8.45. The molecule has 0 aromatic heterocycles. The van der Waals surface area contributed by atoms with Crippen LogP contribution < -0.4 is 4.74 Å². The molecule has 2 aliphatic heterocycles. The Balaban J connectivity index is 1.57. The zero-order chi connectivity index (χ0) is 22.1. The highest BCUT2D eigenvalue weighted by molar-refractivity contribution is 5.95. The Bertz CT molecular complexity index is 853. The van der Waals surface area contributed by atoms with Crippen molar-refractivity contribution in [2.24, 2.45) is 5.92 Å². The van der Waals surface area contributed by atoms with Gasteiger partial charge in [-0.15, -0.1) is 0 Å². The van der Waals surface area contributed by atoms with Crippen LogP contribution in [0.15, 0.2) is 24.3 Å². The van der Waals surface area contributed by atoms with Crippen LogP contribution in [0.2, 0.25) is 0 Å². The lowest BCUT2D eigenvalue weighted by Crippen LogP contribution is -2.52. The van der Waals surface area contributed by atoms with Gasteiger partial charge in [0.2, 0.25) is 11.8 Å². The van der Waals surface area contributed by atoms with E-state index in [-0.39, 0.29) is 35.6 Å². The van der Waals surface area contributed by atoms with Gasteiger partial charge in [-0.25, -0.2) is 0 Å². The minimum atomic E-state index is -0.442. The number of esters is 1. The second-order valence-electron chi connectivity index (χ2n) is 8.82. The van der Waals surface area contributed by atoms with Gasteiger partial charge in [0.05, 0.1) is 5.92 Å². The number of nitrogens with zero attached hydrogens (tertiary/aromatic N) is 3. The standard InChI is InChI=1S/C22H29N3O5/c1-15(26)30-18-7-5-6-16(12-18)20(28)23-8-10-24(11-9-23)21(29)17-13-19(27)25(14-17)22(2,3)4/h5-7,12,17H,8-11,13-14H2,1-4H3. The number of hydrogen-bond acceptors (Lipinski definition) is 5. The molecular formula is C22H29N3O5. The average molecular weight is 415 g/mol. The Kier molecular flexibility index (Phi) is 6.14. The third-order valence-corrected chi connectivity index (χ3v) is 5.51. The van der Waals surface area contributed by atoms with Gasteiger partial charge in [-0.1, -0.05) is 6.07 Å². The summed E-state index contributed by atoms with van der Waals surface area (Å²) in [6.07, 6.45) is 0.248. The molecule has 0 spiro atoms. The van der Waals surface area contributed by atoms with Crippen molar-refractivity contribution in [2.45, 2.75) is 39.7 Å². The van der Waals surface area contributed by atoms with E-state index in [4.69, 9.17) is 4.74 Å². The summed E-state index contributed by atoms with van der Waals surface area (Å²) >= 11 is 0. The van der Waals surface area contributed by atoms with Gasteiger partial charge in [-0.2, -0.15) is 0 Å². The Morgan fingerprint density at radius 3 is 2.23 bits per heavy atom. The number of carbonyl (C=O) groups is 4. The molecule has 0 saturated carbocycles. The molecule has 2 heterocycles. The smallest absolute Gasteiger partial charge is 0.308 e. The van der Waals surface area contributed by atoms with Crippen LogP contribution in [0.4, 0.5) is 0 Å². The number of rotatable bonds is 3. The number of amides is 3. The molecule has 30 heavy (non-hydrogen) atoms. The number of carbonyl (C=O) groups excluding carboxylic acids is 4. The normalized spacial score (nSPS) is 19.8. The van der Waals surface area contributed by atoms with E-state index in [1.165, 1.54) is 6.92 Å². The Labute approximate surface area is 176 Å². The molecule has 0 aliphatic carbocycles. The van der Waals surface area contributed by atoms with E-state index in [9.17, 15) is 19.2 Å². The first-order valence-corrected chi connectivity index (χ1v) is 10.2. The molecule has 8 nitrogen and oxygen atoms in total. The Morgan fingerprint density at radius 1 is 1.03 bits per heavy atom. The van der Waals surface area contributed by atoms with Crippen LogP contribution in [-0.4, -0.2) is 76.7 Å². The summed E-state index contributed by atoms with van der Waals surface area (Å²) in [5.41, 5.74) is 0.147. The maximum atomic E-state index is 12.9. The molecule has 1 unspecified atom stereocenters. The number of benzene rings is 1.